The van der Waals surface area contributed by atoms with Gasteiger partial charge in [-0.1, -0.05) is 63.3 Å². The van der Waals surface area contributed by atoms with Crippen LogP contribution in [0.2, 0.25) is 0 Å². The lowest BCUT2D eigenvalue weighted by Crippen LogP contribution is -2.17. The van der Waals surface area contributed by atoms with E-state index in [1.54, 1.807) is 0 Å². The van der Waals surface area contributed by atoms with E-state index in [0.717, 1.165) is 16.2 Å². The molecule has 0 spiro atoms. The summed E-state index contributed by atoms with van der Waals surface area (Å²) in [5, 5.41) is 8.03. The van der Waals surface area contributed by atoms with Gasteiger partial charge in [-0.15, -0.1) is 0 Å². The van der Waals surface area contributed by atoms with Gasteiger partial charge >= 0.3 is 0 Å². The summed E-state index contributed by atoms with van der Waals surface area (Å²) in [7, 11) is 2.54. The maximum Gasteiger partial charge on any atom is 0.106 e. The SMILES string of the molecule is CNC(=S)c1ccc(NC(C)Pc2cc(-c3ccccc3)ccc2C)cc1. The second-order valence-corrected chi connectivity index (χ2v) is 8.66. The second-order valence-electron chi connectivity index (χ2n) is 6.56. The summed E-state index contributed by atoms with van der Waals surface area (Å²) in [6.07, 6.45) is 0. The third-order valence-electron chi connectivity index (χ3n) is 4.47. The van der Waals surface area contributed by atoms with Crippen molar-refractivity contribution in [2.45, 2.75) is 19.6 Å². The number of hydrogen-bond donors (Lipinski definition) is 2. The van der Waals surface area contributed by atoms with Gasteiger partial charge in [-0.05, 0) is 66.2 Å². The first-order chi connectivity index (χ1) is 13.1. The third-order valence-corrected chi connectivity index (χ3v) is 6.34. The minimum Gasteiger partial charge on any atom is -0.379 e. The Bertz CT molecular complexity index is 907. The lowest BCUT2D eigenvalue weighted by atomic mass is 10.0. The summed E-state index contributed by atoms with van der Waals surface area (Å²) >= 11 is 5.28. The average molecular weight is 393 g/mol. The summed E-state index contributed by atoms with van der Waals surface area (Å²) in [5.41, 5.74) is 6.05. The highest BCUT2D eigenvalue weighted by atomic mass is 32.1. The molecule has 2 nitrogen and oxygen atoms in total. The molecule has 2 N–H and O–H groups in total. The molecule has 138 valence electrons. The van der Waals surface area contributed by atoms with E-state index in [4.69, 9.17) is 12.2 Å². The molecule has 0 aliphatic carbocycles. The number of nitrogens with one attached hydrogen (secondary N) is 2. The molecule has 0 saturated carbocycles. The molecular weight excluding hydrogens is 367 g/mol. The normalized spacial score (nSPS) is 12.1. The monoisotopic (exact) mass is 392 g/mol. The quantitative estimate of drug-likeness (QED) is 0.439. The zero-order chi connectivity index (χ0) is 19.2. The van der Waals surface area contributed by atoms with E-state index in [2.05, 4.69) is 97.3 Å². The van der Waals surface area contributed by atoms with Crippen molar-refractivity contribution in [3.05, 3.63) is 83.9 Å². The highest BCUT2D eigenvalue weighted by Gasteiger charge is 2.08. The number of thiocarbonyl (C=S) groups is 1. The standard InChI is InChI=1S/C23H25N2PS/c1-16-9-10-20(18-7-5-4-6-8-18)15-22(16)26-17(2)25-21-13-11-19(12-14-21)23(27)24-3/h4-15,17,25-26H,1-3H3,(H,24,27). The molecule has 0 aliphatic heterocycles. The lowest BCUT2D eigenvalue weighted by Gasteiger charge is -2.18. The molecular formula is C23H25N2PS. The van der Waals surface area contributed by atoms with Gasteiger partial charge in [0.25, 0.3) is 0 Å². The van der Waals surface area contributed by atoms with Crippen molar-refractivity contribution in [1.29, 1.82) is 0 Å². The van der Waals surface area contributed by atoms with Crippen LogP contribution < -0.4 is 15.9 Å². The van der Waals surface area contributed by atoms with Gasteiger partial charge in [-0.3, -0.25) is 0 Å². The molecule has 4 heteroatoms. The van der Waals surface area contributed by atoms with E-state index >= 15 is 0 Å². The molecule has 0 amide bonds. The highest BCUT2D eigenvalue weighted by Crippen LogP contribution is 2.26. The topological polar surface area (TPSA) is 24.1 Å². The molecule has 0 fully saturated rings. The molecule has 0 aromatic heterocycles. The van der Waals surface area contributed by atoms with E-state index in [-0.39, 0.29) is 0 Å². The number of rotatable bonds is 6. The Balaban J connectivity index is 1.70. The summed E-state index contributed by atoms with van der Waals surface area (Å²) < 4.78 is 0. The molecule has 2 atom stereocenters. The average Bonchev–Trinajstić information content (AvgIpc) is 2.70. The van der Waals surface area contributed by atoms with Crippen molar-refractivity contribution in [1.82, 2.24) is 5.32 Å². The van der Waals surface area contributed by atoms with Crippen molar-refractivity contribution in [3.8, 4) is 11.1 Å². The first kappa shape index (κ1) is 19.5. The van der Waals surface area contributed by atoms with E-state index < -0.39 is 0 Å². The summed E-state index contributed by atoms with van der Waals surface area (Å²) in [6.45, 7) is 4.43. The van der Waals surface area contributed by atoms with Gasteiger partial charge in [0.2, 0.25) is 0 Å². The number of benzene rings is 3. The van der Waals surface area contributed by atoms with Gasteiger partial charge < -0.3 is 10.6 Å². The van der Waals surface area contributed by atoms with Crippen LogP contribution in [0.15, 0.2) is 72.8 Å². The lowest BCUT2D eigenvalue weighted by molar-refractivity contribution is 1.12. The Labute approximate surface area is 169 Å². The second kappa shape index (κ2) is 9.12. The highest BCUT2D eigenvalue weighted by molar-refractivity contribution is 7.80. The Morgan fingerprint density at radius 3 is 2.30 bits per heavy atom. The van der Waals surface area contributed by atoms with Crippen molar-refractivity contribution in [3.63, 3.8) is 0 Å². The summed E-state index contributed by atoms with van der Waals surface area (Å²) in [4.78, 5) is 0.768. The number of hydrogen-bond acceptors (Lipinski definition) is 2. The van der Waals surface area contributed by atoms with Gasteiger partial charge in [0, 0.05) is 24.1 Å². The third kappa shape index (κ3) is 5.15. The van der Waals surface area contributed by atoms with Crippen LogP contribution in [0, 0.1) is 6.92 Å². The number of aryl methyl sites for hydroxylation is 1. The molecule has 0 radical (unpaired) electrons. The van der Waals surface area contributed by atoms with Gasteiger partial charge in [0.15, 0.2) is 0 Å². The van der Waals surface area contributed by atoms with E-state index in [0.29, 0.717) is 14.4 Å². The molecule has 3 aromatic carbocycles. The first-order valence-corrected chi connectivity index (χ1v) is 10.6. The van der Waals surface area contributed by atoms with E-state index in [1.807, 2.05) is 7.05 Å². The van der Waals surface area contributed by atoms with Gasteiger partial charge in [-0.25, -0.2) is 0 Å². The van der Waals surface area contributed by atoms with Gasteiger partial charge in [-0.2, -0.15) is 0 Å². The van der Waals surface area contributed by atoms with Gasteiger partial charge in [0.05, 0.1) is 0 Å². The minimum absolute atomic E-state index is 0.358. The Morgan fingerprint density at radius 1 is 0.926 bits per heavy atom. The van der Waals surface area contributed by atoms with Crippen LogP contribution in [0.3, 0.4) is 0 Å². The van der Waals surface area contributed by atoms with Crippen LogP contribution in [0.5, 0.6) is 0 Å². The molecule has 27 heavy (non-hydrogen) atoms. The fourth-order valence-corrected chi connectivity index (χ4v) is 4.36. The smallest absolute Gasteiger partial charge is 0.106 e. The molecule has 0 aliphatic rings. The predicted molar refractivity (Wildman–Crippen MR) is 125 cm³/mol. The fraction of sp³-hybridized carbons (Fsp3) is 0.174. The molecule has 2 unspecified atom stereocenters. The molecule has 0 bridgehead atoms. The predicted octanol–water partition coefficient (Wildman–Crippen LogP) is 5.32. The molecule has 3 rings (SSSR count). The van der Waals surface area contributed by atoms with Crippen LogP contribution in [0.4, 0.5) is 5.69 Å². The molecule has 3 aromatic rings. The Kier molecular flexibility index (Phi) is 6.60. The molecule has 0 saturated heterocycles. The van der Waals surface area contributed by atoms with E-state index in [1.165, 1.54) is 22.0 Å². The number of anilines is 1. The maximum absolute atomic E-state index is 5.28. The Morgan fingerprint density at radius 2 is 1.63 bits per heavy atom. The van der Waals surface area contributed by atoms with Crippen LogP contribution >= 0.6 is 20.8 Å². The van der Waals surface area contributed by atoms with Crippen molar-refractivity contribution >= 4 is 36.8 Å². The summed E-state index contributed by atoms with van der Waals surface area (Å²) in [5.74, 6) is 0.358. The zero-order valence-electron chi connectivity index (χ0n) is 15.9. The van der Waals surface area contributed by atoms with Gasteiger partial charge in [0.1, 0.15) is 4.99 Å². The van der Waals surface area contributed by atoms with Crippen molar-refractivity contribution < 1.29 is 0 Å². The summed E-state index contributed by atoms with van der Waals surface area (Å²) in [6, 6.07) is 25.6. The molecule has 0 heterocycles. The van der Waals surface area contributed by atoms with Crippen LogP contribution in [-0.4, -0.2) is 17.8 Å². The van der Waals surface area contributed by atoms with Crippen molar-refractivity contribution in [2.24, 2.45) is 0 Å². The Hall–Kier alpha value is -2.22. The maximum atomic E-state index is 5.28. The van der Waals surface area contributed by atoms with Crippen LogP contribution in [0.25, 0.3) is 11.1 Å². The first-order valence-electron chi connectivity index (χ1n) is 9.08. The fourth-order valence-electron chi connectivity index (χ4n) is 2.97. The largest absolute Gasteiger partial charge is 0.379 e. The van der Waals surface area contributed by atoms with Crippen molar-refractivity contribution in [2.75, 3.05) is 12.4 Å². The van der Waals surface area contributed by atoms with Crippen LogP contribution in [0.1, 0.15) is 18.1 Å². The van der Waals surface area contributed by atoms with E-state index in [9.17, 15) is 0 Å². The zero-order valence-corrected chi connectivity index (χ0v) is 17.7. The minimum atomic E-state index is 0.358. The van der Waals surface area contributed by atoms with Crippen LogP contribution in [-0.2, 0) is 0 Å².